The molecule has 3 aromatic heterocycles. The van der Waals surface area contributed by atoms with Crippen LogP contribution in [0.25, 0.3) is 44.9 Å². The van der Waals surface area contributed by atoms with E-state index >= 15 is 0 Å². The summed E-state index contributed by atoms with van der Waals surface area (Å²) in [5.74, 6) is 0.546. The molecule has 0 spiro atoms. The maximum Gasteiger partial charge on any atom is 0.269 e. The number of rotatable bonds is 5. The van der Waals surface area contributed by atoms with Crippen molar-refractivity contribution in [1.29, 1.82) is 0 Å². The second kappa shape index (κ2) is 9.70. The van der Waals surface area contributed by atoms with Crippen LogP contribution in [0, 0.1) is 0 Å². The van der Waals surface area contributed by atoms with E-state index in [9.17, 15) is 13.2 Å². The third-order valence-corrected chi connectivity index (χ3v) is 7.69. The van der Waals surface area contributed by atoms with Crippen LogP contribution < -0.4 is 11.3 Å². The fraction of sp³-hybridized carbons (Fsp3) is 0.0357. The van der Waals surface area contributed by atoms with E-state index in [-0.39, 0.29) is 27.4 Å². The van der Waals surface area contributed by atoms with E-state index in [1.807, 2.05) is 24.3 Å². The SMILES string of the molecule is CS(=O)(=O)c1cccc(-n2ncc3c(=O)n(-c4ccc(Cl)cc4)c(-c4ccc(-c5cnc(N)nc5)cc4)nc32)c1. The highest BCUT2D eigenvalue weighted by Crippen LogP contribution is 2.27. The van der Waals surface area contributed by atoms with Crippen molar-refractivity contribution in [2.75, 3.05) is 12.0 Å². The minimum atomic E-state index is -3.46. The lowest BCUT2D eigenvalue weighted by Crippen LogP contribution is -2.22. The Bertz CT molecular complexity index is 2050. The number of hydrogen-bond acceptors (Lipinski definition) is 8. The number of anilines is 1. The lowest BCUT2D eigenvalue weighted by Gasteiger charge is -2.14. The van der Waals surface area contributed by atoms with Crippen LogP contribution in [0.5, 0.6) is 0 Å². The predicted octanol–water partition coefficient (Wildman–Crippen LogP) is 4.33. The lowest BCUT2D eigenvalue weighted by atomic mass is 10.1. The molecular weight excluding hydrogens is 550 g/mol. The molecule has 6 rings (SSSR count). The van der Waals surface area contributed by atoms with Gasteiger partial charge in [0.15, 0.2) is 15.5 Å². The Morgan fingerprint density at radius 3 is 2.17 bits per heavy atom. The van der Waals surface area contributed by atoms with E-state index in [0.717, 1.165) is 17.4 Å². The van der Waals surface area contributed by atoms with Crippen LogP contribution in [0.2, 0.25) is 5.02 Å². The van der Waals surface area contributed by atoms with Crippen LogP contribution in [0.4, 0.5) is 5.95 Å². The molecule has 0 aliphatic carbocycles. The van der Waals surface area contributed by atoms with Crippen molar-refractivity contribution in [2.45, 2.75) is 4.90 Å². The molecule has 0 saturated carbocycles. The molecule has 0 aliphatic heterocycles. The van der Waals surface area contributed by atoms with Gasteiger partial charge < -0.3 is 5.73 Å². The summed E-state index contributed by atoms with van der Waals surface area (Å²) in [6.07, 6.45) is 5.83. The number of sulfone groups is 1. The van der Waals surface area contributed by atoms with Gasteiger partial charge in [-0.05, 0) is 48.0 Å². The van der Waals surface area contributed by atoms with Crippen molar-refractivity contribution in [2.24, 2.45) is 0 Å². The Labute approximate surface area is 233 Å². The first-order chi connectivity index (χ1) is 19.2. The van der Waals surface area contributed by atoms with Gasteiger partial charge in [-0.15, -0.1) is 0 Å². The van der Waals surface area contributed by atoms with E-state index < -0.39 is 9.84 Å². The average molecular weight is 570 g/mol. The highest BCUT2D eigenvalue weighted by Gasteiger charge is 2.19. The van der Waals surface area contributed by atoms with Crippen LogP contribution >= 0.6 is 11.6 Å². The highest BCUT2D eigenvalue weighted by atomic mass is 35.5. The molecule has 0 atom stereocenters. The van der Waals surface area contributed by atoms with E-state index in [0.29, 0.717) is 27.8 Å². The van der Waals surface area contributed by atoms with Crippen molar-refractivity contribution in [1.82, 2.24) is 29.3 Å². The molecule has 0 fully saturated rings. The van der Waals surface area contributed by atoms with Gasteiger partial charge in [-0.3, -0.25) is 9.36 Å². The molecule has 0 amide bonds. The van der Waals surface area contributed by atoms with Crippen molar-refractivity contribution >= 4 is 38.4 Å². The Hall–Kier alpha value is -4.87. The molecule has 40 heavy (non-hydrogen) atoms. The van der Waals surface area contributed by atoms with Gasteiger partial charge in [0, 0.05) is 34.8 Å². The van der Waals surface area contributed by atoms with Crippen molar-refractivity contribution in [3.8, 4) is 33.9 Å². The standard InChI is InChI=1S/C28H20ClN7O3S/c1-40(38,39)23-4-2-3-22(13-23)36-26-24(16-33-36)27(37)35(21-11-9-20(29)10-12-21)25(34-26)18-7-5-17(6-8-18)19-14-31-28(30)32-15-19/h2-16H,1H3,(H2,30,31,32). The number of halogens is 1. The normalized spacial score (nSPS) is 11.7. The summed E-state index contributed by atoms with van der Waals surface area (Å²) in [6, 6.07) is 20.6. The summed E-state index contributed by atoms with van der Waals surface area (Å²) in [5, 5.41) is 5.19. The molecule has 0 unspecified atom stereocenters. The summed E-state index contributed by atoms with van der Waals surface area (Å²) < 4.78 is 27.3. The van der Waals surface area contributed by atoms with E-state index in [4.69, 9.17) is 22.3 Å². The zero-order valence-electron chi connectivity index (χ0n) is 20.9. The summed E-state index contributed by atoms with van der Waals surface area (Å²) >= 11 is 6.11. The van der Waals surface area contributed by atoms with Crippen LogP contribution in [-0.2, 0) is 9.84 Å². The molecule has 0 aliphatic rings. The minimum Gasteiger partial charge on any atom is -0.368 e. The third-order valence-electron chi connectivity index (χ3n) is 6.32. The topological polar surface area (TPSA) is 139 Å². The number of fused-ring (bicyclic) bond motifs is 1. The number of nitrogen functional groups attached to an aromatic ring is 1. The fourth-order valence-corrected chi connectivity index (χ4v) is 5.11. The van der Waals surface area contributed by atoms with Gasteiger partial charge in [-0.1, -0.05) is 41.9 Å². The molecule has 2 N–H and O–H groups in total. The van der Waals surface area contributed by atoms with Gasteiger partial charge in [0.25, 0.3) is 5.56 Å². The molecule has 3 heterocycles. The smallest absolute Gasteiger partial charge is 0.269 e. The largest absolute Gasteiger partial charge is 0.368 e. The number of hydrogen-bond donors (Lipinski definition) is 1. The van der Waals surface area contributed by atoms with E-state index in [2.05, 4.69) is 15.1 Å². The molecule has 198 valence electrons. The van der Waals surface area contributed by atoms with E-state index in [1.165, 1.54) is 27.6 Å². The quantitative estimate of drug-likeness (QED) is 0.323. The van der Waals surface area contributed by atoms with Gasteiger partial charge in [0.05, 0.1) is 22.5 Å². The van der Waals surface area contributed by atoms with E-state index in [1.54, 1.807) is 48.8 Å². The first-order valence-electron chi connectivity index (χ1n) is 11.9. The number of aromatic nitrogens is 6. The van der Waals surface area contributed by atoms with Gasteiger partial charge in [0.1, 0.15) is 11.2 Å². The molecule has 0 radical (unpaired) electrons. The molecule has 0 bridgehead atoms. The zero-order valence-corrected chi connectivity index (χ0v) is 22.5. The average Bonchev–Trinajstić information content (AvgIpc) is 3.38. The zero-order chi connectivity index (χ0) is 28.0. The fourth-order valence-electron chi connectivity index (χ4n) is 4.32. The summed E-state index contributed by atoms with van der Waals surface area (Å²) in [6.45, 7) is 0. The number of nitrogens with zero attached hydrogens (tertiary/aromatic N) is 6. The monoisotopic (exact) mass is 569 g/mol. The lowest BCUT2D eigenvalue weighted by molar-refractivity contribution is 0.601. The molecule has 10 nitrogen and oxygen atoms in total. The van der Waals surface area contributed by atoms with Gasteiger partial charge in [-0.2, -0.15) is 5.10 Å². The molecular formula is C28H20ClN7O3S. The Morgan fingerprint density at radius 1 is 0.825 bits per heavy atom. The summed E-state index contributed by atoms with van der Waals surface area (Å²) in [7, 11) is -3.46. The second-order valence-corrected chi connectivity index (χ2v) is 11.5. The molecule has 12 heteroatoms. The van der Waals surface area contributed by atoms with Crippen LogP contribution in [0.3, 0.4) is 0 Å². The highest BCUT2D eigenvalue weighted by molar-refractivity contribution is 7.90. The Balaban J connectivity index is 1.57. The van der Waals surface area contributed by atoms with Gasteiger partial charge >= 0.3 is 0 Å². The molecule has 3 aromatic carbocycles. The van der Waals surface area contributed by atoms with Crippen LogP contribution in [-0.4, -0.2) is 44.0 Å². The number of nitrogens with two attached hydrogens (primary N) is 1. The maximum atomic E-state index is 13.9. The predicted molar refractivity (Wildman–Crippen MR) is 153 cm³/mol. The molecule has 6 aromatic rings. The first-order valence-corrected chi connectivity index (χ1v) is 14.2. The Morgan fingerprint density at radius 2 is 1.50 bits per heavy atom. The van der Waals surface area contributed by atoms with Crippen molar-refractivity contribution in [3.63, 3.8) is 0 Å². The third kappa shape index (κ3) is 4.61. The van der Waals surface area contributed by atoms with Crippen LogP contribution in [0.15, 0.2) is 101 Å². The second-order valence-electron chi connectivity index (χ2n) is 9.02. The first kappa shape index (κ1) is 25.4. The maximum absolute atomic E-state index is 13.9. The van der Waals surface area contributed by atoms with Gasteiger partial charge in [-0.25, -0.2) is 28.1 Å². The molecule has 0 saturated heterocycles. The minimum absolute atomic E-state index is 0.130. The number of benzene rings is 3. The Kier molecular flexibility index (Phi) is 6.16. The van der Waals surface area contributed by atoms with Gasteiger partial charge in [0.2, 0.25) is 5.95 Å². The summed E-state index contributed by atoms with van der Waals surface area (Å²) in [5.41, 5.74) is 8.88. The van der Waals surface area contributed by atoms with Crippen molar-refractivity contribution < 1.29 is 8.42 Å². The summed E-state index contributed by atoms with van der Waals surface area (Å²) in [4.78, 5) is 27.0. The van der Waals surface area contributed by atoms with Crippen LogP contribution in [0.1, 0.15) is 0 Å². The van der Waals surface area contributed by atoms with Crippen molar-refractivity contribution in [3.05, 3.63) is 107 Å².